The zero-order valence-electron chi connectivity index (χ0n) is 11.5. The van der Waals surface area contributed by atoms with Crippen LogP contribution in [-0.4, -0.2) is 55.2 Å². The average molecular weight is 296 g/mol. The van der Waals surface area contributed by atoms with Gasteiger partial charge in [0, 0.05) is 26.2 Å². The van der Waals surface area contributed by atoms with E-state index in [9.17, 15) is 4.79 Å². The van der Waals surface area contributed by atoms with E-state index in [0.717, 1.165) is 18.2 Å². The largest absolute Gasteiger partial charge is 0.382 e. The van der Waals surface area contributed by atoms with Gasteiger partial charge in [0.05, 0.1) is 13.2 Å². The summed E-state index contributed by atoms with van der Waals surface area (Å²) in [6.45, 7) is 4.49. The third-order valence-electron chi connectivity index (χ3n) is 3.76. The molecule has 110 valence electrons. The van der Waals surface area contributed by atoms with Crippen molar-refractivity contribution in [3.8, 4) is 0 Å². The first-order valence-corrected chi connectivity index (χ1v) is 7.95. The number of hydrogen-bond acceptors (Lipinski definition) is 6. The van der Waals surface area contributed by atoms with Crippen LogP contribution in [0, 0.1) is 0 Å². The van der Waals surface area contributed by atoms with Crippen molar-refractivity contribution in [1.82, 2.24) is 9.88 Å². The SMILES string of the molecule is Nc1nc(N2CCCCC2)sc1C(=O)N1CCOCC1. The number of aromatic nitrogens is 1. The number of carbonyl (C=O) groups excluding carboxylic acids is 1. The van der Waals surface area contributed by atoms with Gasteiger partial charge in [-0.2, -0.15) is 0 Å². The van der Waals surface area contributed by atoms with Gasteiger partial charge in [0.25, 0.3) is 5.91 Å². The zero-order chi connectivity index (χ0) is 13.9. The Bertz CT molecular complexity index is 479. The molecule has 2 saturated heterocycles. The molecule has 6 nitrogen and oxygen atoms in total. The van der Waals surface area contributed by atoms with Crippen molar-refractivity contribution in [3.63, 3.8) is 0 Å². The normalized spacial score (nSPS) is 20.2. The monoisotopic (exact) mass is 296 g/mol. The molecule has 2 aliphatic heterocycles. The molecule has 0 unspecified atom stereocenters. The third kappa shape index (κ3) is 2.73. The van der Waals surface area contributed by atoms with Gasteiger partial charge in [0.15, 0.2) is 5.13 Å². The van der Waals surface area contributed by atoms with E-state index >= 15 is 0 Å². The first kappa shape index (κ1) is 13.6. The molecule has 1 amide bonds. The number of thiazole rings is 1. The highest BCUT2D eigenvalue weighted by molar-refractivity contribution is 7.18. The summed E-state index contributed by atoms with van der Waals surface area (Å²) in [5, 5.41) is 0.888. The molecule has 0 bridgehead atoms. The number of hydrogen-bond donors (Lipinski definition) is 1. The molecular weight excluding hydrogens is 276 g/mol. The van der Waals surface area contributed by atoms with Crippen molar-refractivity contribution in [2.45, 2.75) is 19.3 Å². The van der Waals surface area contributed by atoms with Gasteiger partial charge in [-0.1, -0.05) is 11.3 Å². The second-order valence-corrected chi connectivity index (χ2v) is 6.14. The fourth-order valence-electron chi connectivity index (χ4n) is 2.60. The summed E-state index contributed by atoms with van der Waals surface area (Å²) in [7, 11) is 0. The van der Waals surface area contributed by atoms with Gasteiger partial charge in [-0.3, -0.25) is 4.79 Å². The maximum Gasteiger partial charge on any atom is 0.268 e. The van der Waals surface area contributed by atoms with Crippen molar-refractivity contribution in [2.75, 3.05) is 50.0 Å². The number of piperidine rings is 1. The summed E-state index contributed by atoms with van der Waals surface area (Å²) in [6, 6.07) is 0. The van der Waals surface area contributed by atoms with Gasteiger partial charge in [0.2, 0.25) is 0 Å². The predicted molar refractivity (Wildman–Crippen MR) is 79.3 cm³/mol. The van der Waals surface area contributed by atoms with E-state index in [0.29, 0.717) is 37.0 Å². The van der Waals surface area contributed by atoms with Gasteiger partial charge >= 0.3 is 0 Å². The maximum atomic E-state index is 12.5. The molecule has 2 N–H and O–H groups in total. The Morgan fingerprint density at radius 2 is 1.85 bits per heavy atom. The smallest absolute Gasteiger partial charge is 0.268 e. The fourth-order valence-corrected chi connectivity index (χ4v) is 3.61. The molecule has 0 radical (unpaired) electrons. The number of nitrogen functional groups attached to an aromatic ring is 1. The lowest BCUT2D eigenvalue weighted by molar-refractivity contribution is 0.0306. The van der Waals surface area contributed by atoms with Crippen LogP contribution in [0.15, 0.2) is 0 Å². The Labute approximate surface area is 122 Å². The van der Waals surface area contributed by atoms with Gasteiger partial charge in [-0.25, -0.2) is 4.98 Å². The molecule has 2 fully saturated rings. The van der Waals surface area contributed by atoms with Crippen molar-refractivity contribution < 1.29 is 9.53 Å². The number of nitrogens with two attached hydrogens (primary N) is 1. The number of ether oxygens (including phenoxy) is 1. The van der Waals surface area contributed by atoms with Crippen LogP contribution >= 0.6 is 11.3 Å². The molecule has 7 heteroatoms. The average Bonchev–Trinajstić information content (AvgIpc) is 2.90. The molecule has 1 aromatic rings. The quantitative estimate of drug-likeness (QED) is 0.887. The fraction of sp³-hybridized carbons (Fsp3) is 0.692. The summed E-state index contributed by atoms with van der Waals surface area (Å²) in [4.78, 5) is 21.5. The number of amides is 1. The number of carbonyl (C=O) groups is 1. The minimum absolute atomic E-state index is 0.00782. The maximum absolute atomic E-state index is 12.5. The van der Waals surface area contributed by atoms with Gasteiger partial charge in [-0.05, 0) is 19.3 Å². The molecule has 1 aromatic heterocycles. The molecule has 0 spiro atoms. The highest BCUT2D eigenvalue weighted by Crippen LogP contribution is 2.31. The van der Waals surface area contributed by atoms with Crippen LogP contribution in [0.25, 0.3) is 0 Å². The lowest BCUT2D eigenvalue weighted by Crippen LogP contribution is -2.40. The lowest BCUT2D eigenvalue weighted by Gasteiger charge is -2.26. The first-order valence-electron chi connectivity index (χ1n) is 7.14. The Morgan fingerprint density at radius 3 is 2.55 bits per heavy atom. The Morgan fingerprint density at radius 1 is 1.15 bits per heavy atom. The third-order valence-corrected chi connectivity index (χ3v) is 4.88. The van der Waals surface area contributed by atoms with Gasteiger partial charge in [0.1, 0.15) is 10.7 Å². The van der Waals surface area contributed by atoms with E-state index in [-0.39, 0.29) is 5.91 Å². The van der Waals surface area contributed by atoms with Gasteiger partial charge < -0.3 is 20.3 Å². The standard InChI is InChI=1S/C13H20N4O2S/c14-11-10(12(18)16-6-8-19-9-7-16)20-13(15-11)17-4-2-1-3-5-17/h1-9,14H2. The van der Waals surface area contributed by atoms with Crippen LogP contribution < -0.4 is 10.6 Å². The molecule has 0 aliphatic carbocycles. The predicted octanol–water partition coefficient (Wildman–Crippen LogP) is 1.19. The number of nitrogens with zero attached hydrogens (tertiary/aromatic N) is 3. The van der Waals surface area contributed by atoms with Crippen LogP contribution in [0.4, 0.5) is 10.9 Å². The summed E-state index contributed by atoms with van der Waals surface area (Å²) in [6.07, 6.45) is 3.65. The van der Waals surface area contributed by atoms with Crippen molar-refractivity contribution in [2.24, 2.45) is 0 Å². The van der Waals surface area contributed by atoms with Crippen molar-refractivity contribution >= 4 is 28.2 Å². The van der Waals surface area contributed by atoms with Crippen molar-refractivity contribution in [1.29, 1.82) is 0 Å². The Balaban J connectivity index is 1.75. The highest BCUT2D eigenvalue weighted by atomic mass is 32.1. The number of rotatable bonds is 2. The molecule has 2 aliphatic rings. The zero-order valence-corrected chi connectivity index (χ0v) is 12.3. The van der Waals surface area contributed by atoms with E-state index in [4.69, 9.17) is 10.5 Å². The summed E-state index contributed by atoms with van der Waals surface area (Å²) in [5.74, 6) is 0.360. The van der Waals surface area contributed by atoms with Crippen LogP contribution in [0.5, 0.6) is 0 Å². The molecule has 3 heterocycles. The van der Waals surface area contributed by atoms with E-state index in [2.05, 4.69) is 9.88 Å². The van der Waals surface area contributed by atoms with E-state index in [1.807, 2.05) is 0 Å². The van der Waals surface area contributed by atoms with E-state index < -0.39 is 0 Å². The Kier molecular flexibility index (Phi) is 4.07. The minimum atomic E-state index is -0.00782. The van der Waals surface area contributed by atoms with Crippen LogP contribution in [0.3, 0.4) is 0 Å². The lowest BCUT2D eigenvalue weighted by atomic mass is 10.1. The Hall–Kier alpha value is -1.34. The molecule has 0 atom stereocenters. The summed E-state index contributed by atoms with van der Waals surface area (Å²) < 4.78 is 5.27. The van der Waals surface area contributed by atoms with E-state index in [1.54, 1.807) is 4.90 Å². The first-order chi connectivity index (χ1) is 9.75. The minimum Gasteiger partial charge on any atom is -0.382 e. The van der Waals surface area contributed by atoms with Crippen LogP contribution in [0.1, 0.15) is 28.9 Å². The van der Waals surface area contributed by atoms with Crippen LogP contribution in [-0.2, 0) is 4.74 Å². The van der Waals surface area contributed by atoms with Gasteiger partial charge in [-0.15, -0.1) is 0 Å². The topological polar surface area (TPSA) is 71.7 Å². The highest BCUT2D eigenvalue weighted by Gasteiger charge is 2.25. The molecule has 0 aromatic carbocycles. The van der Waals surface area contributed by atoms with Crippen LogP contribution in [0.2, 0.25) is 0 Å². The second-order valence-electron chi connectivity index (χ2n) is 5.16. The molecule has 0 saturated carbocycles. The second kappa shape index (κ2) is 5.97. The van der Waals surface area contributed by atoms with Crippen molar-refractivity contribution in [3.05, 3.63) is 4.88 Å². The van der Waals surface area contributed by atoms with E-state index in [1.165, 1.54) is 30.6 Å². The number of morpholine rings is 1. The summed E-state index contributed by atoms with van der Waals surface area (Å²) in [5.41, 5.74) is 5.95. The summed E-state index contributed by atoms with van der Waals surface area (Å²) >= 11 is 1.43. The molecule has 20 heavy (non-hydrogen) atoms. The molecule has 3 rings (SSSR count). The molecular formula is C13H20N4O2S. The number of anilines is 2.